The third-order valence-electron chi connectivity index (χ3n) is 5.41. The molecule has 3 atom stereocenters. The largest absolute Gasteiger partial charge is 0.383 e. The van der Waals surface area contributed by atoms with Crippen molar-refractivity contribution in [3.8, 4) is 0 Å². The number of benzene rings is 2. The Morgan fingerprint density at radius 3 is 2.50 bits per heavy atom. The third kappa shape index (κ3) is 2.18. The molecule has 2 nitrogen and oxygen atoms in total. The maximum atomic E-state index is 11.5. The van der Waals surface area contributed by atoms with Crippen LogP contribution in [0.3, 0.4) is 0 Å². The van der Waals surface area contributed by atoms with Crippen molar-refractivity contribution in [2.75, 3.05) is 6.54 Å². The molecule has 114 valence electrons. The van der Waals surface area contributed by atoms with Gasteiger partial charge >= 0.3 is 0 Å². The van der Waals surface area contributed by atoms with E-state index in [0.29, 0.717) is 5.92 Å². The fraction of sp³-hybridized carbons (Fsp3) is 0.400. The minimum atomic E-state index is -0.739. The minimum absolute atomic E-state index is 0.177. The van der Waals surface area contributed by atoms with Gasteiger partial charge in [-0.25, -0.2) is 0 Å². The van der Waals surface area contributed by atoms with Gasteiger partial charge in [-0.3, -0.25) is 0 Å². The average molecular weight is 293 g/mol. The Kier molecular flexibility index (Phi) is 3.51. The second kappa shape index (κ2) is 5.53. The summed E-state index contributed by atoms with van der Waals surface area (Å²) in [5.74, 6) is 0.297. The van der Waals surface area contributed by atoms with E-state index in [9.17, 15) is 5.11 Å². The number of fused-ring (bicyclic) bond motifs is 1. The lowest BCUT2D eigenvalue weighted by molar-refractivity contribution is -0.0128. The van der Waals surface area contributed by atoms with E-state index in [1.54, 1.807) is 0 Å². The van der Waals surface area contributed by atoms with E-state index in [4.69, 9.17) is 0 Å². The molecule has 4 rings (SSSR count). The van der Waals surface area contributed by atoms with Crippen LogP contribution in [0.1, 0.15) is 48.3 Å². The summed E-state index contributed by atoms with van der Waals surface area (Å²) in [6.45, 7) is 1.02. The molecule has 1 fully saturated rings. The number of nitrogens with one attached hydrogen (secondary N) is 1. The molecule has 2 aliphatic rings. The molecule has 22 heavy (non-hydrogen) atoms. The highest BCUT2D eigenvalue weighted by molar-refractivity contribution is 5.47. The summed E-state index contributed by atoms with van der Waals surface area (Å²) >= 11 is 0. The molecular weight excluding hydrogens is 270 g/mol. The first kappa shape index (κ1) is 14.0. The standard InChI is InChI=1S/C20H23NO/c22-20(19-12-6-7-13-21-19)14-17(15-8-2-1-3-9-15)16-10-4-5-11-18(16)20/h1-5,8-11,17,19,21-22H,6-7,12-14H2/t17-,19-,20+/m0/s1. The zero-order valence-electron chi connectivity index (χ0n) is 12.8. The first-order valence-electron chi connectivity index (χ1n) is 8.39. The van der Waals surface area contributed by atoms with Crippen LogP contribution in [-0.2, 0) is 5.60 Å². The van der Waals surface area contributed by atoms with Gasteiger partial charge in [0, 0.05) is 12.0 Å². The molecule has 0 unspecified atom stereocenters. The summed E-state index contributed by atoms with van der Waals surface area (Å²) in [6, 6.07) is 19.2. The third-order valence-corrected chi connectivity index (χ3v) is 5.41. The highest BCUT2D eigenvalue weighted by Gasteiger charge is 2.47. The summed E-state index contributed by atoms with van der Waals surface area (Å²) in [7, 11) is 0. The van der Waals surface area contributed by atoms with Crippen molar-refractivity contribution < 1.29 is 5.11 Å². The molecule has 1 aliphatic carbocycles. The highest BCUT2D eigenvalue weighted by Crippen LogP contribution is 2.50. The number of piperidine rings is 1. The second-order valence-corrected chi connectivity index (χ2v) is 6.68. The van der Waals surface area contributed by atoms with Crippen LogP contribution in [0, 0.1) is 0 Å². The quantitative estimate of drug-likeness (QED) is 0.887. The predicted molar refractivity (Wildman–Crippen MR) is 88.9 cm³/mol. The summed E-state index contributed by atoms with van der Waals surface area (Å²) in [5, 5.41) is 15.1. The summed E-state index contributed by atoms with van der Waals surface area (Å²) in [5.41, 5.74) is 2.99. The Labute approximate surface area is 132 Å². The Morgan fingerprint density at radius 1 is 0.955 bits per heavy atom. The van der Waals surface area contributed by atoms with Crippen molar-refractivity contribution in [1.82, 2.24) is 5.32 Å². The van der Waals surface area contributed by atoms with Crippen LogP contribution in [0.15, 0.2) is 54.6 Å². The highest BCUT2D eigenvalue weighted by atomic mass is 16.3. The molecule has 1 heterocycles. The molecule has 0 bridgehead atoms. The zero-order chi connectivity index (χ0) is 15.0. The van der Waals surface area contributed by atoms with E-state index >= 15 is 0 Å². The van der Waals surface area contributed by atoms with Gasteiger partial charge in [-0.15, -0.1) is 0 Å². The van der Waals surface area contributed by atoms with Gasteiger partial charge in [0.25, 0.3) is 0 Å². The van der Waals surface area contributed by atoms with Crippen molar-refractivity contribution >= 4 is 0 Å². The maximum absolute atomic E-state index is 11.5. The first-order valence-corrected chi connectivity index (χ1v) is 8.39. The van der Waals surface area contributed by atoms with Crippen LogP contribution in [0.2, 0.25) is 0 Å². The van der Waals surface area contributed by atoms with E-state index < -0.39 is 5.60 Å². The van der Waals surface area contributed by atoms with E-state index in [-0.39, 0.29) is 6.04 Å². The van der Waals surface area contributed by atoms with Crippen LogP contribution in [0.5, 0.6) is 0 Å². The van der Waals surface area contributed by atoms with Crippen LogP contribution in [0.25, 0.3) is 0 Å². The Hall–Kier alpha value is -1.64. The van der Waals surface area contributed by atoms with Crippen molar-refractivity contribution in [2.45, 2.75) is 43.2 Å². The molecule has 0 radical (unpaired) electrons. The molecule has 2 heteroatoms. The first-order chi connectivity index (χ1) is 10.8. The molecule has 1 saturated heterocycles. The fourth-order valence-electron chi connectivity index (χ4n) is 4.30. The van der Waals surface area contributed by atoms with E-state index in [1.807, 2.05) is 0 Å². The summed E-state index contributed by atoms with van der Waals surface area (Å²) in [6.07, 6.45) is 4.27. The van der Waals surface area contributed by atoms with Gasteiger partial charge in [0.1, 0.15) is 5.60 Å². The normalized spacial score (nSPS) is 31.0. The molecule has 0 saturated carbocycles. The van der Waals surface area contributed by atoms with Gasteiger partial charge in [-0.1, -0.05) is 61.0 Å². The SMILES string of the molecule is O[C@]1([C@@H]2CCCCN2)C[C@@H](c2ccccc2)c2ccccc21. The number of aliphatic hydroxyl groups is 1. The molecule has 2 aromatic rings. The van der Waals surface area contributed by atoms with Crippen LogP contribution in [-0.4, -0.2) is 17.7 Å². The van der Waals surface area contributed by atoms with Crippen molar-refractivity contribution in [1.29, 1.82) is 0 Å². The smallest absolute Gasteiger partial charge is 0.106 e. The summed E-state index contributed by atoms with van der Waals surface area (Å²) < 4.78 is 0. The van der Waals surface area contributed by atoms with Gasteiger partial charge in [0.15, 0.2) is 0 Å². The molecular formula is C20H23NO. The van der Waals surface area contributed by atoms with Crippen molar-refractivity contribution in [2.24, 2.45) is 0 Å². The average Bonchev–Trinajstić information content (AvgIpc) is 2.91. The van der Waals surface area contributed by atoms with Crippen LogP contribution < -0.4 is 5.32 Å². The van der Waals surface area contributed by atoms with Gasteiger partial charge in [-0.2, -0.15) is 0 Å². The van der Waals surface area contributed by atoms with Gasteiger partial charge in [0.05, 0.1) is 0 Å². The molecule has 2 N–H and O–H groups in total. The lowest BCUT2D eigenvalue weighted by Gasteiger charge is -2.37. The molecule has 0 aromatic heterocycles. The zero-order valence-corrected chi connectivity index (χ0v) is 12.8. The van der Waals surface area contributed by atoms with Crippen LogP contribution >= 0.6 is 0 Å². The monoisotopic (exact) mass is 293 g/mol. The maximum Gasteiger partial charge on any atom is 0.106 e. The second-order valence-electron chi connectivity index (χ2n) is 6.68. The number of hydrogen-bond acceptors (Lipinski definition) is 2. The van der Waals surface area contributed by atoms with E-state index in [2.05, 4.69) is 59.9 Å². The molecule has 2 aromatic carbocycles. The lowest BCUT2D eigenvalue weighted by atomic mass is 9.82. The lowest BCUT2D eigenvalue weighted by Crippen LogP contribution is -2.49. The van der Waals surface area contributed by atoms with Gasteiger partial charge in [-0.05, 0) is 42.5 Å². The Balaban J connectivity index is 1.76. The Bertz CT molecular complexity index is 648. The topological polar surface area (TPSA) is 32.3 Å². The van der Waals surface area contributed by atoms with Gasteiger partial charge < -0.3 is 10.4 Å². The predicted octanol–water partition coefficient (Wildman–Crippen LogP) is 3.55. The van der Waals surface area contributed by atoms with Crippen molar-refractivity contribution in [3.05, 3.63) is 71.3 Å². The number of rotatable bonds is 2. The van der Waals surface area contributed by atoms with E-state index in [0.717, 1.165) is 24.9 Å². The minimum Gasteiger partial charge on any atom is -0.383 e. The summed E-state index contributed by atoms with van der Waals surface area (Å²) in [4.78, 5) is 0. The van der Waals surface area contributed by atoms with Gasteiger partial charge in [0.2, 0.25) is 0 Å². The molecule has 1 aliphatic heterocycles. The van der Waals surface area contributed by atoms with Crippen molar-refractivity contribution in [3.63, 3.8) is 0 Å². The van der Waals surface area contributed by atoms with Crippen LogP contribution in [0.4, 0.5) is 0 Å². The fourth-order valence-corrected chi connectivity index (χ4v) is 4.30. The molecule has 0 amide bonds. The molecule has 0 spiro atoms. The Morgan fingerprint density at radius 2 is 1.73 bits per heavy atom. The number of hydrogen-bond donors (Lipinski definition) is 2. The van der Waals surface area contributed by atoms with E-state index in [1.165, 1.54) is 24.0 Å².